The number of likely N-dealkylation sites (tertiary alicyclic amines) is 1. The Hall–Kier alpha value is -2.45. The lowest BCUT2D eigenvalue weighted by molar-refractivity contribution is -0.143. The van der Waals surface area contributed by atoms with E-state index in [1.807, 2.05) is 0 Å². The van der Waals surface area contributed by atoms with Crippen molar-refractivity contribution >= 4 is 17.6 Å². The number of alkyl halides is 3. The summed E-state index contributed by atoms with van der Waals surface area (Å²) in [6.45, 7) is 0.384. The minimum Gasteiger partial charge on any atom is -0.493 e. The number of hydrogen-bond donors (Lipinski definition) is 1. The number of methoxy groups -OCH3 is 2. The third-order valence-corrected chi connectivity index (χ3v) is 5.60. The van der Waals surface area contributed by atoms with E-state index in [1.165, 1.54) is 20.3 Å². The van der Waals surface area contributed by atoms with Gasteiger partial charge in [-0.05, 0) is 42.7 Å². The summed E-state index contributed by atoms with van der Waals surface area (Å²) in [7, 11) is 2.87. The number of carbonyl (C=O) groups is 1. The zero-order chi connectivity index (χ0) is 22.1. The number of hydrogen-bond acceptors (Lipinski definition) is 4. The molecule has 2 unspecified atom stereocenters. The maximum atomic E-state index is 13.4. The van der Waals surface area contributed by atoms with Gasteiger partial charge in [-0.2, -0.15) is 13.2 Å². The molecule has 3 rings (SSSR count). The predicted octanol–water partition coefficient (Wildman–Crippen LogP) is 5.01. The van der Waals surface area contributed by atoms with Gasteiger partial charge >= 0.3 is 12.1 Å². The molecule has 0 spiro atoms. The lowest BCUT2D eigenvalue weighted by Gasteiger charge is -2.34. The first-order chi connectivity index (χ1) is 14.2. The molecule has 30 heavy (non-hydrogen) atoms. The normalized spacial score (nSPS) is 18.3. The van der Waals surface area contributed by atoms with Crippen LogP contribution in [0.25, 0.3) is 0 Å². The average molecular weight is 444 g/mol. The molecule has 1 saturated heterocycles. The molecule has 162 valence electrons. The molecule has 2 aromatic rings. The SMILES string of the molecule is COc1cccc(C(c2cc(C(F)(F)F)ccc2Cl)N2CCCC2C(=O)O)c1OC. The van der Waals surface area contributed by atoms with Crippen molar-refractivity contribution in [1.82, 2.24) is 4.90 Å². The second-order valence-corrected chi connectivity index (χ2v) is 7.36. The Morgan fingerprint density at radius 3 is 2.53 bits per heavy atom. The van der Waals surface area contributed by atoms with Crippen LogP contribution in [0.1, 0.15) is 35.6 Å². The fourth-order valence-corrected chi connectivity index (χ4v) is 4.17. The molecule has 1 aliphatic heterocycles. The van der Waals surface area contributed by atoms with E-state index in [0.717, 1.165) is 12.1 Å². The second kappa shape index (κ2) is 8.73. The summed E-state index contributed by atoms with van der Waals surface area (Å²) in [4.78, 5) is 13.5. The van der Waals surface area contributed by atoms with Crippen LogP contribution in [0.15, 0.2) is 36.4 Å². The van der Waals surface area contributed by atoms with E-state index in [9.17, 15) is 23.1 Å². The summed E-state index contributed by atoms with van der Waals surface area (Å²) in [6.07, 6.45) is -3.59. The van der Waals surface area contributed by atoms with Crippen LogP contribution < -0.4 is 9.47 Å². The van der Waals surface area contributed by atoms with Gasteiger partial charge in [0.1, 0.15) is 6.04 Å². The highest BCUT2D eigenvalue weighted by Crippen LogP contribution is 2.45. The Balaban J connectivity index is 2.27. The van der Waals surface area contributed by atoms with Crippen molar-refractivity contribution < 1.29 is 32.5 Å². The summed E-state index contributed by atoms with van der Waals surface area (Å²) in [5.41, 5.74) is -0.225. The highest BCUT2D eigenvalue weighted by atomic mass is 35.5. The molecule has 0 bridgehead atoms. The number of carboxylic acids is 1. The van der Waals surface area contributed by atoms with Crippen molar-refractivity contribution in [3.8, 4) is 11.5 Å². The van der Waals surface area contributed by atoms with Gasteiger partial charge in [0.15, 0.2) is 11.5 Å². The van der Waals surface area contributed by atoms with Crippen LogP contribution in [0.2, 0.25) is 5.02 Å². The number of carboxylic acid groups (broad SMARTS) is 1. The Kier molecular flexibility index (Phi) is 6.47. The van der Waals surface area contributed by atoms with E-state index < -0.39 is 29.8 Å². The molecular formula is C21H21ClF3NO4. The number of nitrogens with zero attached hydrogens (tertiary/aromatic N) is 1. The molecule has 2 atom stereocenters. The number of ether oxygens (including phenoxy) is 2. The van der Waals surface area contributed by atoms with Crippen LogP contribution in [-0.4, -0.2) is 42.8 Å². The number of para-hydroxylation sites is 1. The van der Waals surface area contributed by atoms with E-state index in [4.69, 9.17) is 21.1 Å². The predicted molar refractivity (Wildman–Crippen MR) is 105 cm³/mol. The van der Waals surface area contributed by atoms with Gasteiger partial charge in [0.05, 0.1) is 25.8 Å². The molecule has 1 fully saturated rings. The molecule has 2 aromatic carbocycles. The summed E-state index contributed by atoms with van der Waals surface area (Å²) in [6, 6.07) is 6.35. The molecular weight excluding hydrogens is 423 g/mol. The van der Waals surface area contributed by atoms with Crippen molar-refractivity contribution in [3.05, 3.63) is 58.1 Å². The van der Waals surface area contributed by atoms with Gasteiger partial charge in [-0.1, -0.05) is 23.7 Å². The summed E-state index contributed by atoms with van der Waals surface area (Å²) in [5.74, 6) is -0.342. The van der Waals surface area contributed by atoms with E-state index >= 15 is 0 Å². The smallest absolute Gasteiger partial charge is 0.416 e. The lowest BCUT2D eigenvalue weighted by Crippen LogP contribution is -2.39. The highest BCUT2D eigenvalue weighted by Gasteiger charge is 2.40. The second-order valence-electron chi connectivity index (χ2n) is 6.95. The first kappa shape index (κ1) is 22.2. The van der Waals surface area contributed by atoms with Crippen LogP contribution in [0.5, 0.6) is 11.5 Å². The number of aliphatic carboxylic acids is 1. The number of halogens is 4. The van der Waals surface area contributed by atoms with Gasteiger partial charge in [0.25, 0.3) is 0 Å². The lowest BCUT2D eigenvalue weighted by atomic mass is 9.93. The number of benzene rings is 2. The van der Waals surface area contributed by atoms with E-state index in [2.05, 4.69) is 0 Å². The minimum atomic E-state index is -4.57. The zero-order valence-electron chi connectivity index (χ0n) is 16.4. The van der Waals surface area contributed by atoms with E-state index in [0.29, 0.717) is 36.4 Å². The van der Waals surface area contributed by atoms with Crippen LogP contribution >= 0.6 is 11.6 Å². The maximum Gasteiger partial charge on any atom is 0.416 e. The zero-order valence-corrected chi connectivity index (χ0v) is 17.1. The topological polar surface area (TPSA) is 59.0 Å². The van der Waals surface area contributed by atoms with Crippen LogP contribution in [0, 0.1) is 0 Å². The van der Waals surface area contributed by atoms with Gasteiger partial charge in [0, 0.05) is 17.1 Å². The molecule has 1 N–H and O–H groups in total. The molecule has 0 radical (unpaired) electrons. The number of rotatable bonds is 6. The minimum absolute atomic E-state index is 0.105. The molecule has 5 nitrogen and oxygen atoms in total. The molecule has 1 heterocycles. The molecule has 1 aliphatic rings. The standard InChI is InChI=1S/C21H21ClF3NO4/c1-29-17-7-3-5-13(19(17)30-2)18(26-10-4-6-16(26)20(27)28)14-11-12(21(23,24)25)8-9-15(14)22/h3,5,7-9,11,16,18H,4,6,10H2,1-2H3,(H,27,28). The summed E-state index contributed by atoms with van der Waals surface area (Å²) >= 11 is 6.35. The van der Waals surface area contributed by atoms with E-state index in [-0.39, 0.29) is 10.6 Å². The third-order valence-electron chi connectivity index (χ3n) is 5.26. The van der Waals surface area contributed by atoms with Gasteiger partial charge in [-0.3, -0.25) is 9.69 Å². The van der Waals surface area contributed by atoms with Crippen LogP contribution in [0.3, 0.4) is 0 Å². The Bertz CT molecular complexity index is 935. The molecule has 0 amide bonds. The molecule has 0 saturated carbocycles. The quantitative estimate of drug-likeness (QED) is 0.679. The first-order valence-corrected chi connectivity index (χ1v) is 9.63. The van der Waals surface area contributed by atoms with Gasteiger partial charge < -0.3 is 14.6 Å². The van der Waals surface area contributed by atoms with Crippen molar-refractivity contribution in [1.29, 1.82) is 0 Å². The average Bonchev–Trinajstić information content (AvgIpc) is 3.18. The Morgan fingerprint density at radius 2 is 1.93 bits per heavy atom. The van der Waals surface area contributed by atoms with Gasteiger partial charge in [-0.25, -0.2) is 0 Å². The summed E-state index contributed by atoms with van der Waals surface area (Å²) < 4.78 is 51.1. The van der Waals surface area contributed by atoms with Crippen LogP contribution in [-0.2, 0) is 11.0 Å². The largest absolute Gasteiger partial charge is 0.493 e. The van der Waals surface area contributed by atoms with E-state index in [1.54, 1.807) is 23.1 Å². The van der Waals surface area contributed by atoms with Crippen molar-refractivity contribution in [2.45, 2.75) is 31.1 Å². The van der Waals surface area contributed by atoms with Crippen molar-refractivity contribution in [2.24, 2.45) is 0 Å². The molecule has 9 heteroatoms. The summed E-state index contributed by atoms with van der Waals surface area (Å²) in [5, 5.41) is 9.80. The monoisotopic (exact) mass is 443 g/mol. The maximum absolute atomic E-state index is 13.4. The van der Waals surface area contributed by atoms with Crippen molar-refractivity contribution in [2.75, 3.05) is 20.8 Å². The Morgan fingerprint density at radius 1 is 1.20 bits per heavy atom. The third kappa shape index (κ3) is 4.20. The van der Waals surface area contributed by atoms with Crippen molar-refractivity contribution in [3.63, 3.8) is 0 Å². The fourth-order valence-electron chi connectivity index (χ4n) is 3.95. The van der Waals surface area contributed by atoms with Crippen LogP contribution in [0.4, 0.5) is 13.2 Å². The Labute approximate surface area is 177 Å². The molecule has 0 aromatic heterocycles. The highest BCUT2D eigenvalue weighted by molar-refractivity contribution is 6.31. The van der Waals surface area contributed by atoms with Gasteiger partial charge in [0.2, 0.25) is 0 Å². The van der Waals surface area contributed by atoms with Gasteiger partial charge in [-0.15, -0.1) is 0 Å². The fraction of sp³-hybridized carbons (Fsp3) is 0.381. The molecule has 0 aliphatic carbocycles. The first-order valence-electron chi connectivity index (χ1n) is 9.25.